The number of rotatable bonds is 6. The van der Waals surface area contributed by atoms with Crippen LogP contribution in [0.3, 0.4) is 0 Å². The van der Waals surface area contributed by atoms with Gasteiger partial charge < -0.3 is 9.84 Å². The molecule has 0 fully saturated rings. The van der Waals surface area contributed by atoms with Crippen LogP contribution in [0.2, 0.25) is 0 Å². The average molecular weight is 367 g/mol. The van der Waals surface area contributed by atoms with Crippen molar-refractivity contribution in [3.05, 3.63) is 65.5 Å². The lowest BCUT2D eigenvalue weighted by Gasteiger charge is -2.11. The zero-order valence-corrected chi connectivity index (χ0v) is 15.8. The average Bonchev–Trinajstić information content (AvgIpc) is 3.09. The summed E-state index contributed by atoms with van der Waals surface area (Å²) in [4.78, 5) is 16.7. The highest BCUT2D eigenvalue weighted by atomic mass is 32.2. The van der Waals surface area contributed by atoms with Crippen LogP contribution in [0.25, 0.3) is 11.4 Å². The highest BCUT2D eigenvalue weighted by Crippen LogP contribution is 2.22. The molecule has 0 saturated heterocycles. The van der Waals surface area contributed by atoms with Gasteiger partial charge in [-0.3, -0.25) is 4.79 Å². The van der Waals surface area contributed by atoms with Crippen molar-refractivity contribution in [3.63, 3.8) is 0 Å². The Morgan fingerprint density at radius 3 is 2.65 bits per heavy atom. The summed E-state index contributed by atoms with van der Waals surface area (Å²) < 4.78 is 5.30. The van der Waals surface area contributed by atoms with E-state index in [1.165, 1.54) is 17.3 Å². The molecule has 2 aromatic carbocycles. The molecule has 3 aromatic rings. The Balaban J connectivity index is 1.55. The van der Waals surface area contributed by atoms with Crippen molar-refractivity contribution >= 4 is 23.4 Å². The van der Waals surface area contributed by atoms with Crippen molar-refractivity contribution in [3.8, 4) is 11.4 Å². The Morgan fingerprint density at radius 2 is 1.92 bits per heavy atom. The van der Waals surface area contributed by atoms with E-state index in [9.17, 15) is 4.79 Å². The van der Waals surface area contributed by atoms with E-state index in [4.69, 9.17) is 4.52 Å². The molecule has 3 rings (SSSR count). The van der Waals surface area contributed by atoms with Gasteiger partial charge in [0, 0.05) is 11.3 Å². The van der Waals surface area contributed by atoms with E-state index in [1.54, 1.807) is 0 Å². The number of anilines is 1. The third-order valence-electron chi connectivity index (χ3n) is 3.89. The fourth-order valence-electron chi connectivity index (χ4n) is 2.37. The van der Waals surface area contributed by atoms with Gasteiger partial charge >= 0.3 is 0 Å². The molecule has 5 nitrogen and oxygen atoms in total. The monoisotopic (exact) mass is 367 g/mol. The molecule has 0 spiro atoms. The van der Waals surface area contributed by atoms with E-state index < -0.39 is 0 Å². The van der Waals surface area contributed by atoms with Crippen LogP contribution in [-0.4, -0.2) is 21.3 Å². The Hall–Kier alpha value is -2.60. The van der Waals surface area contributed by atoms with E-state index in [2.05, 4.69) is 15.5 Å². The lowest BCUT2D eigenvalue weighted by atomic mass is 10.1. The van der Waals surface area contributed by atoms with Gasteiger partial charge in [-0.05, 0) is 38.5 Å². The molecule has 1 aromatic heterocycles. The summed E-state index contributed by atoms with van der Waals surface area (Å²) in [6.45, 7) is 5.90. The van der Waals surface area contributed by atoms with Gasteiger partial charge in [0.05, 0.1) is 11.0 Å². The first-order valence-electron chi connectivity index (χ1n) is 8.40. The lowest BCUT2D eigenvalue weighted by Crippen LogP contribution is -2.22. The van der Waals surface area contributed by atoms with E-state index >= 15 is 0 Å². The van der Waals surface area contributed by atoms with Crippen molar-refractivity contribution in [2.75, 3.05) is 5.32 Å². The molecule has 1 amide bonds. The SMILES string of the molecule is Cc1ccc(-c2noc(CS[C@H](C)C(=O)Nc3cccc(C)c3)n2)cc1. The predicted octanol–water partition coefficient (Wildman–Crippen LogP) is 4.61. The van der Waals surface area contributed by atoms with E-state index in [1.807, 2.05) is 69.3 Å². The second-order valence-electron chi connectivity index (χ2n) is 6.19. The minimum absolute atomic E-state index is 0.0427. The minimum atomic E-state index is -0.231. The van der Waals surface area contributed by atoms with Gasteiger partial charge in [0.25, 0.3) is 0 Å². The van der Waals surface area contributed by atoms with Crippen molar-refractivity contribution in [1.29, 1.82) is 0 Å². The lowest BCUT2D eigenvalue weighted by molar-refractivity contribution is -0.115. The summed E-state index contributed by atoms with van der Waals surface area (Å²) >= 11 is 1.46. The molecule has 1 atom stereocenters. The Labute approximate surface area is 157 Å². The minimum Gasteiger partial charge on any atom is -0.338 e. The van der Waals surface area contributed by atoms with Crippen molar-refractivity contribution in [1.82, 2.24) is 10.1 Å². The zero-order valence-electron chi connectivity index (χ0n) is 15.0. The normalized spacial score (nSPS) is 12.0. The molecule has 1 N–H and O–H groups in total. The summed E-state index contributed by atoms with van der Waals surface area (Å²) in [7, 11) is 0. The second-order valence-corrected chi connectivity index (χ2v) is 7.52. The van der Waals surface area contributed by atoms with E-state index in [0.717, 1.165) is 16.8 Å². The molecular formula is C20H21N3O2S. The highest BCUT2D eigenvalue weighted by molar-refractivity contribution is 7.99. The first-order valence-corrected chi connectivity index (χ1v) is 9.45. The van der Waals surface area contributed by atoms with Gasteiger partial charge in [-0.15, -0.1) is 11.8 Å². The molecule has 0 bridgehead atoms. The van der Waals surface area contributed by atoms with Crippen LogP contribution in [0.4, 0.5) is 5.69 Å². The largest absolute Gasteiger partial charge is 0.338 e. The Morgan fingerprint density at radius 1 is 1.15 bits per heavy atom. The first-order chi connectivity index (χ1) is 12.5. The third-order valence-corrected chi connectivity index (χ3v) is 5.02. The standard InChI is InChI=1S/C20H21N3O2S/c1-13-7-9-16(10-8-13)19-22-18(25-23-19)12-26-15(3)20(24)21-17-6-4-5-14(2)11-17/h4-11,15H,12H2,1-3H3,(H,21,24)/t15-/m1/s1. The van der Waals surface area contributed by atoms with Crippen LogP contribution in [0.5, 0.6) is 0 Å². The number of carbonyl (C=O) groups excluding carboxylic acids is 1. The van der Waals surface area contributed by atoms with Gasteiger partial charge in [0.15, 0.2) is 0 Å². The summed E-state index contributed by atoms with van der Waals surface area (Å²) in [6, 6.07) is 15.7. The van der Waals surface area contributed by atoms with Gasteiger partial charge in [0.1, 0.15) is 0 Å². The Kier molecular flexibility index (Phi) is 5.73. The molecule has 134 valence electrons. The van der Waals surface area contributed by atoms with Crippen LogP contribution >= 0.6 is 11.8 Å². The number of thioether (sulfide) groups is 1. The number of hydrogen-bond acceptors (Lipinski definition) is 5. The van der Waals surface area contributed by atoms with Gasteiger partial charge in [-0.2, -0.15) is 4.98 Å². The second kappa shape index (κ2) is 8.19. The van der Waals surface area contributed by atoms with Crippen LogP contribution in [-0.2, 0) is 10.5 Å². The van der Waals surface area contributed by atoms with Crippen molar-refractivity contribution in [2.24, 2.45) is 0 Å². The summed E-state index contributed by atoms with van der Waals surface area (Å²) in [5, 5.41) is 6.71. The molecule has 26 heavy (non-hydrogen) atoms. The molecule has 0 aliphatic heterocycles. The van der Waals surface area contributed by atoms with Crippen LogP contribution < -0.4 is 5.32 Å². The number of benzene rings is 2. The molecule has 0 saturated carbocycles. The van der Waals surface area contributed by atoms with Crippen molar-refractivity contribution < 1.29 is 9.32 Å². The molecule has 0 unspecified atom stereocenters. The number of aromatic nitrogens is 2. The maximum absolute atomic E-state index is 12.3. The topological polar surface area (TPSA) is 68.0 Å². The molecule has 6 heteroatoms. The highest BCUT2D eigenvalue weighted by Gasteiger charge is 2.16. The van der Waals surface area contributed by atoms with Gasteiger partial charge in [-0.1, -0.05) is 47.1 Å². The Bertz CT molecular complexity index is 890. The maximum atomic E-state index is 12.3. The number of aryl methyl sites for hydroxylation is 2. The number of nitrogens with one attached hydrogen (secondary N) is 1. The maximum Gasteiger partial charge on any atom is 0.237 e. The summed E-state index contributed by atoms with van der Waals surface area (Å²) in [5.74, 6) is 1.53. The molecule has 1 heterocycles. The van der Waals surface area contributed by atoms with Crippen molar-refractivity contribution in [2.45, 2.75) is 31.8 Å². The fourth-order valence-corrected chi connectivity index (χ4v) is 3.09. The molecule has 0 radical (unpaired) electrons. The zero-order chi connectivity index (χ0) is 18.5. The fraction of sp³-hybridized carbons (Fsp3) is 0.250. The molecule has 0 aliphatic carbocycles. The summed E-state index contributed by atoms with van der Waals surface area (Å²) in [5.41, 5.74) is 4.02. The van der Waals surface area contributed by atoms with Gasteiger partial charge in [-0.25, -0.2) is 0 Å². The number of nitrogens with zero attached hydrogens (tertiary/aromatic N) is 2. The van der Waals surface area contributed by atoms with Crippen LogP contribution in [0, 0.1) is 13.8 Å². The van der Waals surface area contributed by atoms with E-state index in [0.29, 0.717) is 17.5 Å². The van der Waals surface area contributed by atoms with E-state index in [-0.39, 0.29) is 11.2 Å². The quantitative estimate of drug-likeness (QED) is 0.689. The summed E-state index contributed by atoms with van der Waals surface area (Å²) in [6.07, 6.45) is 0. The third kappa shape index (κ3) is 4.73. The van der Waals surface area contributed by atoms with Crippen LogP contribution in [0.15, 0.2) is 53.1 Å². The predicted molar refractivity (Wildman–Crippen MR) is 105 cm³/mol. The molecule has 0 aliphatic rings. The molecular weight excluding hydrogens is 346 g/mol. The number of hydrogen-bond donors (Lipinski definition) is 1. The smallest absolute Gasteiger partial charge is 0.237 e. The number of amides is 1. The number of carbonyl (C=O) groups is 1. The van der Waals surface area contributed by atoms with Crippen LogP contribution in [0.1, 0.15) is 23.9 Å². The van der Waals surface area contributed by atoms with Gasteiger partial charge in [0.2, 0.25) is 17.6 Å². The first kappa shape index (κ1) is 18.2.